The van der Waals surface area contributed by atoms with Crippen molar-refractivity contribution in [3.05, 3.63) is 23.2 Å². The highest BCUT2D eigenvalue weighted by Gasteiger charge is 2.29. The summed E-state index contributed by atoms with van der Waals surface area (Å²) < 4.78 is 1.90. The minimum absolute atomic E-state index is 0.278. The molecule has 1 aliphatic rings. The molecule has 1 saturated carbocycles. The average molecular weight is 306 g/mol. The second-order valence-electron chi connectivity index (χ2n) is 6.27. The maximum absolute atomic E-state index is 6.10. The van der Waals surface area contributed by atoms with Gasteiger partial charge in [-0.15, -0.1) is 5.10 Å². The summed E-state index contributed by atoms with van der Waals surface area (Å²) in [6, 6.07) is 5.52. The predicted octanol–water partition coefficient (Wildman–Crippen LogP) is 3.55. The monoisotopic (exact) mass is 305 g/mol. The summed E-state index contributed by atoms with van der Waals surface area (Å²) in [6.07, 6.45) is 6.39. The Morgan fingerprint density at radius 3 is 2.76 bits per heavy atom. The van der Waals surface area contributed by atoms with E-state index in [2.05, 4.69) is 22.4 Å². The highest BCUT2D eigenvalue weighted by Crippen LogP contribution is 2.37. The van der Waals surface area contributed by atoms with Crippen molar-refractivity contribution in [2.75, 3.05) is 5.73 Å². The van der Waals surface area contributed by atoms with Gasteiger partial charge in [-0.3, -0.25) is 0 Å². The van der Waals surface area contributed by atoms with E-state index in [0.29, 0.717) is 10.7 Å². The summed E-state index contributed by atoms with van der Waals surface area (Å²) in [5.41, 5.74) is 7.51. The fourth-order valence-electron chi connectivity index (χ4n) is 3.11. The van der Waals surface area contributed by atoms with Gasteiger partial charge in [-0.05, 0) is 46.9 Å². The maximum Gasteiger partial charge on any atom is 0.182 e. The molecule has 0 radical (unpaired) electrons. The van der Waals surface area contributed by atoms with Crippen molar-refractivity contribution in [1.29, 1.82) is 0 Å². The number of rotatable bonds is 3. The lowest BCUT2D eigenvalue weighted by molar-refractivity contribution is 0.175. The highest BCUT2D eigenvalue weighted by atomic mass is 35.5. The molecule has 5 nitrogen and oxygen atoms in total. The number of hydrogen-bond acceptors (Lipinski definition) is 4. The Balaban J connectivity index is 1.88. The third kappa shape index (κ3) is 3.02. The van der Waals surface area contributed by atoms with Gasteiger partial charge < -0.3 is 5.73 Å². The molecule has 0 bridgehead atoms. The Bertz CT molecular complexity index is 631. The van der Waals surface area contributed by atoms with E-state index in [1.165, 1.54) is 32.1 Å². The molecule has 2 N–H and O–H groups in total. The average Bonchev–Trinajstić information content (AvgIpc) is 2.90. The molecule has 6 heteroatoms. The van der Waals surface area contributed by atoms with Gasteiger partial charge in [-0.1, -0.05) is 37.8 Å². The molecule has 21 heavy (non-hydrogen) atoms. The molecule has 1 aromatic heterocycles. The Morgan fingerprint density at radius 2 is 2.05 bits per heavy atom. The van der Waals surface area contributed by atoms with Crippen LogP contribution in [0.3, 0.4) is 0 Å². The first-order valence-corrected chi connectivity index (χ1v) is 7.77. The fourth-order valence-corrected chi connectivity index (χ4v) is 3.29. The first-order valence-electron chi connectivity index (χ1n) is 7.39. The van der Waals surface area contributed by atoms with Gasteiger partial charge in [-0.25, -0.2) is 4.68 Å². The number of tetrazole rings is 1. The summed E-state index contributed by atoms with van der Waals surface area (Å²) in [6.45, 7) is 3.17. The van der Waals surface area contributed by atoms with E-state index in [1.54, 1.807) is 6.07 Å². The Kier molecular flexibility index (Phi) is 3.85. The molecule has 0 aliphatic heterocycles. The summed E-state index contributed by atoms with van der Waals surface area (Å²) >= 11 is 6.10. The predicted molar refractivity (Wildman–Crippen MR) is 83.9 cm³/mol. The zero-order valence-electron chi connectivity index (χ0n) is 12.2. The number of nitrogens with two attached hydrogens (primary N) is 1. The van der Waals surface area contributed by atoms with Crippen molar-refractivity contribution >= 4 is 17.3 Å². The number of aromatic nitrogens is 4. The molecule has 0 amide bonds. The van der Waals surface area contributed by atoms with Gasteiger partial charge in [-0.2, -0.15) is 0 Å². The zero-order chi connectivity index (χ0) is 14.9. The van der Waals surface area contributed by atoms with Crippen molar-refractivity contribution in [2.45, 2.75) is 45.6 Å². The molecule has 1 fully saturated rings. The Labute approximate surface area is 129 Å². The van der Waals surface area contributed by atoms with Crippen LogP contribution in [-0.2, 0) is 6.54 Å². The summed E-state index contributed by atoms with van der Waals surface area (Å²) in [5, 5.41) is 12.7. The summed E-state index contributed by atoms with van der Waals surface area (Å²) in [4.78, 5) is 0. The van der Waals surface area contributed by atoms with Gasteiger partial charge >= 0.3 is 0 Å². The number of hydrogen-bond donors (Lipinski definition) is 1. The number of anilines is 1. The number of halogens is 1. The molecule has 0 atom stereocenters. The smallest absolute Gasteiger partial charge is 0.182 e. The van der Waals surface area contributed by atoms with E-state index in [0.717, 1.165) is 17.9 Å². The highest BCUT2D eigenvalue weighted by molar-refractivity contribution is 6.33. The van der Waals surface area contributed by atoms with Crippen LogP contribution in [-0.4, -0.2) is 20.2 Å². The molecule has 1 aromatic carbocycles. The van der Waals surface area contributed by atoms with Crippen molar-refractivity contribution in [1.82, 2.24) is 20.2 Å². The molecule has 112 valence electrons. The molecule has 0 saturated heterocycles. The topological polar surface area (TPSA) is 69.6 Å². The van der Waals surface area contributed by atoms with Gasteiger partial charge in [0.15, 0.2) is 5.82 Å². The molecule has 1 aliphatic carbocycles. The van der Waals surface area contributed by atoms with Crippen LogP contribution < -0.4 is 5.73 Å². The molecule has 2 aromatic rings. The lowest BCUT2D eigenvalue weighted by atomic mass is 9.76. The largest absolute Gasteiger partial charge is 0.398 e. The number of benzene rings is 1. The lowest BCUT2D eigenvalue weighted by Gasteiger charge is -2.33. The lowest BCUT2D eigenvalue weighted by Crippen LogP contribution is -2.27. The first kappa shape index (κ1) is 14.3. The standard InChI is InChI=1S/C15H20ClN5/c1-15(7-3-2-4-8-15)10-21-14(18-19-20-21)11-5-6-13(17)12(16)9-11/h5-6,9H,2-4,7-8,10,17H2,1H3. The molecular weight excluding hydrogens is 286 g/mol. The van der Waals surface area contributed by atoms with Crippen LogP contribution in [0.5, 0.6) is 0 Å². The quantitative estimate of drug-likeness (QED) is 0.880. The first-order chi connectivity index (χ1) is 10.1. The summed E-state index contributed by atoms with van der Waals surface area (Å²) in [7, 11) is 0. The third-order valence-corrected chi connectivity index (χ3v) is 4.71. The van der Waals surface area contributed by atoms with Gasteiger partial charge in [0.05, 0.1) is 17.3 Å². The third-order valence-electron chi connectivity index (χ3n) is 4.38. The minimum Gasteiger partial charge on any atom is -0.398 e. The Morgan fingerprint density at radius 1 is 1.29 bits per heavy atom. The van der Waals surface area contributed by atoms with E-state index in [9.17, 15) is 0 Å². The zero-order valence-corrected chi connectivity index (χ0v) is 13.0. The maximum atomic E-state index is 6.10. The van der Waals surface area contributed by atoms with Crippen LogP contribution in [0.1, 0.15) is 39.0 Å². The van der Waals surface area contributed by atoms with Crippen molar-refractivity contribution in [3.63, 3.8) is 0 Å². The van der Waals surface area contributed by atoms with Gasteiger partial charge in [0.1, 0.15) is 0 Å². The summed E-state index contributed by atoms with van der Waals surface area (Å²) in [5.74, 6) is 0.753. The molecule has 0 unspecified atom stereocenters. The van der Waals surface area contributed by atoms with E-state index >= 15 is 0 Å². The molecule has 0 spiro atoms. The van der Waals surface area contributed by atoms with Crippen LogP contribution in [0.4, 0.5) is 5.69 Å². The molecule has 1 heterocycles. The van der Waals surface area contributed by atoms with Gasteiger partial charge in [0.25, 0.3) is 0 Å². The number of nitrogen functional groups attached to an aromatic ring is 1. The van der Waals surface area contributed by atoms with Crippen LogP contribution in [0.2, 0.25) is 5.02 Å². The van der Waals surface area contributed by atoms with Crippen molar-refractivity contribution < 1.29 is 0 Å². The number of nitrogens with zero attached hydrogens (tertiary/aromatic N) is 4. The normalized spacial score (nSPS) is 17.8. The van der Waals surface area contributed by atoms with Gasteiger partial charge in [0, 0.05) is 5.56 Å². The van der Waals surface area contributed by atoms with E-state index < -0.39 is 0 Å². The van der Waals surface area contributed by atoms with Crippen LogP contribution >= 0.6 is 11.6 Å². The minimum atomic E-state index is 0.278. The molecular formula is C15H20ClN5. The van der Waals surface area contributed by atoms with Crippen molar-refractivity contribution in [3.8, 4) is 11.4 Å². The SMILES string of the molecule is CC1(Cn2nnnc2-c2ccc(N)c(Cl)c2)CCCCC1. The van der Waals surface area contributed by atoms with E-state index in [1.807, 2.05) is 16.8 Å². The van der Waals surface area contributed by atoms with Crippen molar-refractivity contribution in [2.24, 2.45) is 5.41 Å². The van der Waals surface area contributed by atoms with E-state index in [4.69, 9.17) is 17.3 Å². The van der Waals surface area contributed by atoms with Gasteiger partial charge in [0.2, 0.25) is 0 Å². The second-order valence-corrected chi connectivity index (χ2v) is 6.67. The van der Waals surface area contributed by atoms with Crippen LogP contribution in [0, 0.1) is 5.41 Å². The second kappa shape index (κ2) is 5.64. The Hall–Kier alpha value is -1.62. The van der Waals surface area contributed by atoms with E-state index in [-0.39, 0.29) is 5.41 Å². The van der Waals surface area contributed by atoms with Crippen LogP contribution in [0.25, 0.3) is 11.4 Å². The molecule has 3 rings (SSSR count). The fraction of sp³-hybridized carbons (Fsp3) is 0.533. The van der Waals surface area contributed by atoms with Crippen LogP contribution in [0.15, 0.2) is 18.2 Å².